The number of nitrogens with one attached hydrogen (secondary N) is 1. The molecule has 0 bridgehead atoms. The smallest absolute Gasteiger partial charge is 0.410 e. The number of anilines is 1. The number of fused-ring (bicyclic) bond motifs is 1. The van der Waals surface area contributed by atoms with Gasteiger partial charge in [-0.15, -0.1) is 0 Å². The summed E-state index contributed by atoms with van der Waals surface area (Å²) >= 11 is 0. The second-order valence-corrected chi connectivity index (χ2v) is 13.8. The summed E-state index contributed by atoms with van der Waals surface area (Å²) in [5, 5.41) is 2.64. The maximum absolute atomic E-state index is 14.5. The third-order valence-electron chi connectivity index (χ3n) is 7.15. The second-order valence-electron chi connectivity index (χ2n) is 11.9. The van der Waals surface area contributed by atoms with Crippen molar-refractivity contribution in [2.45, 2.75) is 64.4 Å². The van der Waals surface area contributed by atoms with Crippen LogP contribution in [-0.4, -0.2) is 60.4 Å². The zero-order valence-corrected chi connectivity index (χ0v) is 22.5. The summed E-state index contributed by atoms with van der Waals surface area (Å²) in [6.07, 6.45) is 0.809. The predicted molar refractivity (Wildman–Crippen MR) is 135 cm³/mol. The van der Waals surface area contributed by atoms with E-state index in [-0.39, 0.29) is 35.1 Å². The number of carbonyl (C=O) groups is 2. The molecule has 1 N–H and O–H groups in total. The minimum absolute atomic E-state index is 0.0141. The zero-order valence-electron chi connectivity index (χ0n) is 21.6. The number of piperidine rings is 2. The molecule has 4 rings (SSSR count). The van der Waals surface area contributed by atoms with Gasteiger partial charge in [-0.3, -0.25) is 4.79 Å². The van der Waals surface area contributed by atoms with E-state index in [4.69, 9.17) is 4.74 Å². The first-order chi connectivity index (χ1) is 16.6. The number of rotatable bonds is 5. The Hall–Kier alpha value is -2.46. The van der Waals surface area contributed by atoms with E-state index in [0.29, 0.717) is 38.0 Å². The molecule has 36 heavy (non-hydrogen) atoms. The Labute approximate surface area is 212 Å². The highest BCUT2D eigenvalue weighted by Crippen LogP contribution is 2.52. The molecule has 10 heteroatoms. The summed E-state index contributed by atoms with van der Waals surface area (Å²) in [7, 11) is -3.66. The third-order valence-corrected chi connectivity index (χ3v) is 9.19. The molecule has 2 unspecified atom stereocenters. The van der Waals surface area contributed by atoms with Gasteiger partial charge in [0.2, 0.25) is 15.9 Å². The van der Waals surface area contributed by atoms with E-state index in [2.05, 4.69) is 11.9 Å². The number of hydrogen-bond donors (Lipinski definition) is 1. The molecular formula is C26H36FN3O5S. The fourth-order valence-electron chi connectivity index (χ4n) is 5.52. The van der Waals surface area contributed by atoms with E-state index in [1.54, 1.807) is 25.7 Å². The molecule has 1 saturated carbocycles. The van der Waals surface area contributed by atoms with Crippen LogP contribution in [0.5, 0.6) is 0 Å². The minimum Gasteiger partial charge on any atom is -0.444 e. The van der Waals surface area contributed by atoms with Crippen LogP contribution in [0.4, 0.5) is 14.9 Å². The van der Waals surface area contributed by atoms with E-state index >= 15 is 0 Å². The van der Waals surface area contributed by atoms with Gasteiger partial charge >= 0.3 is 6.09 Å². The van der Waals surface area contributed by atoms with Crippen molar-refractivity contribution in [3.63, 3.8) is 0 Å². The lowest BCUT2D eigenvalue weighted by atomic mass is 9.90. The molecule has 2 aliphatic heterocycles. The summed E-state index contributed by atoms with van der Waals surface area (Å²) in [4.78, 5) is 26.7. The SMILES string of the molecule is C=C1CCN(S(=O)(=O)Cc2ccc(F)c(NC(=O)C3C4CN(C(=O)OC(C)(C)C)CC43)c2)C(C)(C)C1. The Bertz CT molecular complexity index is 1180. The number of nitrogens with zero attached hydrogens (tertiary/aromatic N) is 2. The van der Waals surface area contributed by atoms with E-state index in [1.165, 1.54) is 22.5 Å². The van der Waals surface area contributed by atoms with Crippen LogP contribution in [0.15, 0.2) is 30.4 Å². The van der Waals surface area contributed by atoms with Crippen molar-refractivity contribution in [1.82, 2.24) is 9.21 Å². The lowest BCUT2D eigenvalue weighted by molar-refractivity contribution is -0.118. The summed E-state index contributed by atoms with van der Waals surface area (Å²) in [5.41, 5.74) is 0.223. The molecule has 8 nitrogen and oxygen atoms in total. The standard InChI is InChI=1S/C26H36FN3O5S/c1-16-9-10-30(26(5,6)12-16)36(33,34)15-17-7-8-20(27)21(11-17)28-23(31)22-18-13-29(14-19(18)22)24(32)35-25(2,3)4/h7-8,11,18-19,22H,1,9-10,12-15H2,2-6H3,(H,28,31). The lowest BCUT2D eigenvalue weighted by Crippen LogP contribution is -2.51. The molecule has 1 aliphatic carbocycles. The average Bonchev–Trinajstić information content (AvgIpc) is 3.21. The van der Waals surface area contributed by atoms with Crippen LogP contribution in [0.3, 0.4) is 0 Å². The fourth-order valence-corrected chi connectivity index (χ4v) is 7.46. The number of halogens is 1. The number of benzene rings is 1. The molecule has 0 aromatic heterocycles. The van der Waals surface area contributed by atoms with Crippen molar-refractivity contribution < 1.29 is 27.1 Å². The molecule has 2 heterocycles. The van der Waals surface area contributed by atoms with E-state index < -0.39 is 33.1 Å². The first kappa shape index (κ1) is 26.6. The zero-order chi connectivity index (χ0) is 26.6. The van der Waals surface area contributed by atoms with Gasteiger partial charge < -0.3 is 15.0 Å². The molecule has 1 aromatic carbocycles. The van der Waals surface area contributed by atoms with Crippen LogP contribution in [0, 0.1) is 23.6 Å². The van der Waals surface area contributed by atoms with Crippen LogP contribution in [0.2, 0.25) is 0 Å². The molecule has 2 amide bonds. The molecule has 0 radical (unpaired) electrons. The fraction of sp³-hybridized carbons (Fsp3) is 0.615. The van der Waals surface area contributed by atoms with Crippen LogP contribution in [-0.2, 0) is 25.3 Å². The summed E-state index contributed by atoms with van der Waals surface area (Å²) < 4.78 is 47.8. The highest BCUT2D eigenvalue weighted by atomic mass is 32.2. The van der Waals surface area contributed by atoms with E-state index in [0.717, 1.165) is 5.57 Å². The van der Waals surface area contributed by atoms with Crippen LogP contribution >= 0.6 is 0 Å². The molecule has 0 spiro atoms. The molecule has 3 aliphatic rings. The van der Waals surface area contributed by atoms with Gasteiger partial charge in [0.1, 0.15) is 11.4 Å². The summed E-state index contributed by atoms with van der Waals surface area (Å²) in [6.45, 7) is 14.4. The first-order valence-corrected chi connectivity index (χ1v) is 13.9. The average molecular weight is 522 g/mol. The van der Waals surface area contributed by atoms with Crippen molar-refractivity contribution in [3.8, 4) is 0 Å². The monoisotopic (exact) mass is 521 g/mol. The Morgan fingerprint density at radius 2 is 1.86 bits per heavy atom. The number of carbonyl (C=O) groups excluding carboxylic acids is 2. The molecule has 1 aromatic rings. The van der Waals surface area contributed by atoms with Crippen LogP contribution in [0.25, 0.3) is 0 Å². The lowest BCUT2D eigenvalue weighted by Gasteiger charge is -2.42. The topological polar surface area (TPSA) is 96.0 Å². The van der Waals surface area contributed by atoms with Gasteiger partial charge in [0.25, 0.3) is 0 Å². The summed E-state index contributed by atoms with van der Waals surface area (Å²) in [5.74, 6) is -1.51. The van der Waals surface area contributed by atoms with Gasteiger partial charge in [-0.2, -0.15) is 4.31 Å². The van der Waals surface area contributed by atoms with Gasteiger partial charge in [0.15, 0.2) is 0 Å². The Morgan fingerprint density at radius 3 is 2.44 bits per heavy atom. The predicted octanol–water partition coefficient (Wildman–Crippen LogP) is 4.14. The van der Waals surface area contributed by atoms with E-state index in [9.17, 15) is 22.4 Å². The van der Waals surface area contributed by atoms with Crippen molar-refractivity contribution in [2.75, 3.05) is 25.0 Å². The maximum Gasteiger partial charge on any atom is 0.410 e. The molecule has 198 valence electrons. The Morgan fingerprint density at radius 1 is 1.22 bits per heavy atom. The van der Waals surface area contributed by atoms with Gasteiger partial charge in [-0.05, 0) is 77.0 Å². The third kappa shape index (κ3) is 5.59. The molecule has 2 atom stereocenters. The Kier molecular flexibility index (Phi) is 6.75. The molecule has 2 saturated heterocycles. The van der Waals surface area contributed by atoms with Crippen molar-refractivity contribution in [1.29, 1.82) is 0 Å². The van der Waals surface area contributed by atoms with Crippen molar-refractivity contribution in [3.05, 3.63) is 41.7 Å². The van der Waals surface area contributed by atoms with Crippen LogP contribution in [0.1, 0.15) is 53.0 Å². The van der Waals surface area contributed by atoms with Gasteiger partial charge in [-0.25, -0.2) is 17.6 Å². The number of amides is 2. The van der Waals surface area contributed by atoms with E-state index in [1.807, 2.05) is 13.8 Å². The summed E-state index contributed by atoms with van der Waals surface area (Å²) in [6, 6.07) is 4.01. The normalized spacial score (nSPS) is 25.9. The second kappa shape index (κ2) is 9.13. The number of sulfonamides is 1. The number of hydrogen-bond acceptors (Lipinski definition) is 5. The van der Waals surface area contributed by atoms with Crippen molar-refractivity contribution >= 4 is 27.7 Å². The largest absolute Gasteiger partial charge is 0.444 e. The van der Waals surface area contributed by atoms with Gasteiger partial charge in [0.05, 0.1) is 11.4 Å². The maximum atomic E-state index is 14.5. The number of ether oxygens (including phenoxy) is 1. The van der Waals surface area contributed by atoms with Crippen LogP contribution < -0.4 is 5.32 Å². The van der Waals surface area contributed by atoms with Crippen molar-refractivity contribution in [2.24, 2.45) is 17.8 Å². The quantitative estimate of drug-likeness (QED) is 0.588. The number of likely N-dealkylation sites (tertiary alicyclic amines) is 1. The highest BCUT2D eigenvalue weighted by Gasteiger charge is 2.60. The minimum atomic E-state index is -3.66. The highest BCUT2D eigenvalue weighted by molar-refractivity contribution is 7.88. The Balaban J connectivity index is 1.38. The molecule has 3 fully saturated rings. The van der Waals surface area contributed by atoms with Gasteiger partial charge in [-0.1, -0.05) is 18.2 Å². The van der Waals surface area contributed by atoms with Gasteiger partial charge in [0, 0.05) is 31.1 Å². The molecular weight excluding hydrogens is 485 g/mol. The first-order valence-electron chi connectivity index (χ1n) is 12.3.